The molecule has 1 atom stereocenters. The number of hydrogen-bond donors (Lipinski definition) is 2. The smallest absolute Gasteiger partial charge is 0.171 e. The summed E-state index contributed by atoms with van der Waals surface area (Å²) < 4.78 is 6.06. The lowest BCUT2D eigenvalue weighted by Crippen LogP contribution is -2.42. The Hall–Kier alpha value is -1.78. The van der Waals surface area contributed by atoms with E-state index in [-0.39, 0.29) is 11.6 Å². The van der Waals surface area contributed by atoms with Crippen LogP contribution in [0, 0.1) is 6.92 Å². The average Bonchev–Trinajstić information content (AvgIpc) is 2.50. The minimum Gasteiger partial charge on any atom is -0.487 e. The molecule has 1 aliphatic heterocycles. The van der Waals surface area contributed by atoms with E-state index in [9.17, 15) is 0 Å². The summed E-state index contributed by atoms with van der Waals surface area (Å²) in [5.41, 5.74) is 2.81. The molecule has 0 amide bonds. The monoisotopic (exact) mass is 360 g/mol. The summed E-state index contributed by atoms with van der Waals surface area (Å²) in [6.07, 6.45) is 0.834. The van der Waals surface area contributed by atoms with Crippen LogP contribution >= 0.6 is 23.8 Å². The van der Waals surface area contributed by atoms with Crippen LogP contribution < -0.4 is 15.4 Å². The highest BCUT2D eigenvalue weighted by Crippen LogP contribution is 2.39. The summed E-state index contributed by atoms with van der Waals surface area (Å²) in [6, 6.07) is 14.0. The van der Waals surface area contributed by atoms with Gasteiger partial charge in [-0.05, 0) is 56.8 Å². The molecule has 2 N–H and O–H groups in total. The van der Waals surface area contributed by atoms with Gasteiger partial charge in [0.25, 0.3) is 0 Å². The fourth-order valence-corrected chi connectivity index (χ4v) is 3.37. The van der Waals surface area contributed by atoms with Crippen molar-refractivity contribution in [3.63, 3.8) is 0 Å². The van der Waals surface area contributed by atoms with Crippen molar-refractivity contribution in [1.29, 1.82) is 0 Å². The van der Waals surface area contributed by atoms with Crippen LogP contribution in [0.3, 0.4) is 0 Å². The molecule has 0 fully saturated rings. The van der Waals surface area contributed by atoms with Gasteiger partial charge in [0.15, 0.2) is 5.11 Å². The standard InChI is InChI=1S/C19H21ClN2OS/c1-12-8-9-13(10-15(12)20)21-18(24)22-16-11-19(2,3)23-17-7-5-4-6-14(16)17/h4-10,16H,11H2,1-3H3,(H2,21,22,24)/t16-/m0/s1. The number of ether oxygens (including phenoxy) is 1. The van der Waals surface area contributed by atoms with Crippen molar-refractivity contribution in [2.75, 3.05) is 5.32 Å². The van der Waals surface area contributed by atoms with Crippen LogP contribution in [0.4, 0.5) is 5.69 Å². The molecule has 0 bridgehead atoms. The first kappa shape index (κ1) is 17.1. The van der Waals surface area contributed by atoms with Gasteiger partial charge in [-0.1, -0.05) is 35.9 Å². The Bertz CT molecular complexity index is 776. The Labute approximate surface area is 153 Å². The molecule has 1 aliphatic rings. The highest BCUT2D eigenvalue weighted by molar-refractivity contribution is 7.80. The van der Waals surface area contributed by atoms with E-state index >= 15 is 0 Å². The normalized spacial score (nSPS) is 18.2. The number of hydrogen-bond acceptors (Lipinski definition) is 2. The maximum atomic E-state index is 6.17. The number of aryl methyl sites for hydroxylation is 1. The summed E-state index contributed by atoms with van der Waals surface area (Å²) in [5, 5.41) is 7.92. The number of nitrogens with one attached hydrogen (secondary N) is 2. The second-order valence-corrected chi connectivity index (χ2v) is 7.53. The predicted octanol–water partition coefficient (Wildman–Crippen LogP) is 5.24. The summed E-state index contributed by atoms with van der Waals surface area (Å²) in [4.78, 5) is 0. The Morgan fingerprint density at radius 1 is 1.25 bits per heavy atom. The molecular weight excluding hydrogens is 340 g/mol. The van der Waals surface area contributed by atoms with E-state index in [1.807, 2.05) is 43.3 Å². The lowest BCUT2D eigenvalue weighted by molar-refractivity contribution is 0.0697. The lowest BCUT2D eigenvalue weighted by atomic mass is 9.90. The van der Waals surface area contributed by atoms with E-state index < -0.39 is 0 Å². The molecule has 24 heavy (non-hydrogen) atoms. The van der Waals surface area contributed by atoms with Crippen molar-refractivity contribution in [2.24, 2.45) is 0 Å². The van der Waals surface area contributed by atoms with Crippen molar-refractivity contribution in [1.82, 2.24) is 5.32 Å². The molecule has 2 aromatic carbocycles. The number of para-hydroxylation sites is 1. The third-order valence-corrected chi connectivity index (χ3v) is 4.74. The molecule has 0 unspecified atom stereocenters. The van der Waals surface area contributed by atoms with E-state index in [0.717, 1.165) is 34.0 Å². The topological polar surface area (TPSA) is 33.3 Å². The van der Waals surface area contributed by atoms with Gasteiger partial charge >= 0.3 is 0 Å². The molecule has 3 rings (SSSR count). The first-order valence-corrected chi connectivity index (χ1v) is 8.74. The minimum absolute atomic E-state index is 0.103. The summed E-state index contributed by atoms with van der Waals surface area (Å²) in [7, 11) is 0. The first-order chi connectivity index (χ1) is 11.3. The Morgan fingerprint density at radius 2 is 2.00 bits per heavy atom. The number of benzene rings is 2. The number of rotatable bonds is 2. The van der Waals surface area contributed by atoms with Crippen molar-refractivity contribution >= 4 is 34.6 Å². The van der Waals surface area contributed by atoms with Gasteiger partial charge in [-0.25, -0.2) is 0 Å². The van der Waals surface area contributed by atoms with E-state index in [2.05, 4.69) is 30.5 Å². The van der Waals surface area contributed by atoms with Crippen molar-refractivity contribution in [2.45, 2.75) is 38.8 Å². The van der Waals surface area contributed by atoms with Gasteiger partial charge in [-0.2, -0.15) is 0 Å². The fourth-order valence-electron chi connectivity index (χ4n) is 2.93. The Kier molecular flexibility index (Phi) is 4.70. The van der Waals surface area contributed by atoms with Gasteiger partial charge in [0, 0.05) is 22.7 Å². The van der Waals surface area contributed by atoms with Gasteiger partial charge in [-0.15, -0.1) is 0 Å². The van der Waals surface area contributed by atoms with Crippen LogP contribution in [0.1, 0.15) is 37.4 Å². The zero-order chi connectivity index (χ0) is 17.3. The molecule has 0 saturated heterocycles. The number of fused-ring (bicyclic) bond motifs is 1. The highest BCUT2D eigenvalue weighted by atomic mass is 35.5. The molecule has 0 aliphatic carbocycles. The van der Waals surface area contributed by atoms with E-state index in [1.54, 1.807) is 0 Å². The molecule has 0 aromatic heterocycles. The summed E-state index contributed by atoms with van der Waals surface area (Å²) >= 11 is 11.7. The largest absolute Gasteiger partial charge is 0.487 e. The fraction of sp³-hybridized carbons (Fsp3) is 0.316. The van der Waals surface area contributed by atoms with Crippen LogP contribution in [-0.2, 0) is 0 Å². The summed E-state index contributed by atoms with van der Waals surface area (Å²) in [6.45, 7) is 6.16. The van der Waals surface area contributed by atoms with Crippen LogP contribution in [0.5, 0.6) is 5.75 Å². The SMILES string of the molecule is Cc1ccc(NC(=S)N[C@H]2CC(C)(C)Oc3ccccc32)cc1Cl. The molecule has 5 heteroatoms. The summed E-state index contributed by atoms with van der Waals surface area (Å²) in [5.74, 6) is 0.910. The number of halogens is 1. The van der Waals surface area contributed by atoms with Crippen LogP contribution in [0.25, 0.3) is 0 Å². The van der Waals surface area contributed by atoms with Gasteiger partial charge in [-0.3, -0.25) is 0 Å². The molecule has 126 valence electrons. The maximum absolute atomic E-state index is 6.17. The first-order valence-electron chi connectivity index (χ1n) is 7.96. The minimum atomic E-state index is -0.241. The van der Waals surface area contributed by atoms with Gasteiger partial charge < -0.3 is 15.4 Å². The molecule has 2 aromatic rings. The predicted molar refractivity (Wildman–Crippen MR) is 104 cm³/mol. The maximum Gasteiger partial charge on any atom is 0.171 e. The van der Waals surface area contributed by atoms with Crippen LogP contribution in [0.15, 0.2) is 42.5 Å². The zero-order valence-corrected chi connectivity index (χ0v) is 15.6. The van der Waals surface area contributed by atoms with Crippen molar-refractivity contribution < 1.29 is 4.74 Å². The Balaban J connectivity index is 1.75. The molecular formula is C19H21ClN2OS. The zero-order valence-electron chi connectivity index (χ0n) is 14.0. The molecule has 0 radical (unpaired) electrons. The third kappa shape index (κ3) is 3.82. The second-order valence-electron chi connectivity index (χ2n) is 6.72. The quantitative estimate of drug-likeness (QED) is 0.718. The number of anilines is 1. The molecule has 1 heterocycles. The van der Waals surface area contributed by atoms with Crippen molar-refractivity contribution in [3.8, 4) is 5.75 Å². The number of thiocarbonyl (C=S) groups is 1. The molecule has 0 saturated carbocycles. The van der Waals surface area contributed by atoms with E-state index in [4.69, 9.17) is 28.6 Å². The lowest BCUT2D eigenvalue weighted by Gasteiger charge is -2.38. The highest BCUT2D eigenvalue weighted by Gasteiger charge is 2.33. The van der Waals surface area contributed by atoms with E-state index in [1.165, 1.54) is 0 Å². The van der Waals surface area contributed by atoms with Crippen LogP contribution in [-0.4, -0.2) is 10.7 Å². The third-order valence-electron chi connectivity index (χ3n) is 4.11. The van der Waals surface area contributed by atoms with Crippen LogP contribution in [0.2, 0.25) is 5.02 Å². The average molecular weight is 361 g/mol. The van der Waals surface area contributed by atoms with Gasteiger partial charge in [0.05, 0.1) is 6.04 Å². The van der Waals surface area contributed by atoms with Gasteiger partial charge in [0.2, 0.25) is 0 Å². The molecule has 3 nitrogen and oxygen atoms in total. The van der Waals surface area contributed by atoms with E-state index in [0.29, 0.717) is 5.11 Å². The Morgan fingerprint density at radius 3 is 2.75 bits per heavy atom. The van der Waals surface area contributed by atoms with Gasteiger partial charge in [0.1, 0.15) is 11.4 Å². The molecule has 0 spiro atoms. The second kappa shape index (κ2) is 6.61. The van der Waals surface area contributed by atoms with Crippen molar-refractivity contribution in [3.05, 3.63) is 58.6 Å².